The molecule has 1 N–H and O–H groups in total. The molecule has 1 aromatic carbocycles. The van der Waals surface area contributed by atoms with Gasteiger partial charge >= 0.3 is 0 Å². The van der Waals surface area contributed by atoms with Crippen molar-refractivity contribution in [3.8, 4) is 11.5 Å². The highest BCUT2D eigenvalue weighted by atomic mass is 16.5. The number of hydrogen-bond donors (Lipinski definition) is 1. The molecular formula is C23H24N2O5. The molecule has 1 saturated carbocycles. The average molecular weight is 408 g/mol. The van der Waals surface area contributed by atoms with Crippen molar-refractivity contribution < 1.29 is 24.2 Å². The maximum absolute atomic E-state index is 13.1. The highest BCUT2D eigenvalue weighted by Crippen LogP contribution is 2.44. The van der Waals surface area contributed by atoms with E-state index in [0.717, 1.165) is 31.2 Å². The number of methoxy groups -OCH3 is 2. The molecule has 1 aliphatic heterocycles. The second-order valence-corrected chi connectivity index (χ2v) is 7.49. The van der Waals surface area contributed by atoms with Crippen LogP contribution in [-0.4, -0.2) is 46.9 Å². The van der Waals surface area contributed by atoms with Gasteiger partial charge < -0.3 is 19.5 Å². The summed E-state index contributed by atoms with van der Waals surface area (Å²) in [6, 6.07) is 7.79. The van der Waals surface area contributed by atoms with Crippen molar-refractivity contribution in [2.45, 2.75) is 37.8 Å². The van der Waals surface area contributed by atoms with Crippen LogP contribution in [0, 0.1) is 0 Å². The van der Waals surface area contributed by atoms with Crippen molar-refractivity contribution in [2.75, 3.05) is 14.2 Å². The second kappa shape index (κ2) is 8.18. The van der Waals surface area contributed by atoms with E-state index in [1.54, 1.807) is 47.6 Å². The Morgan fingerprint density at radius 1 is 1.07 bits per heavy atom. The zero-order valence-electron chi connectivity index (χ0n) is 17.0. The molecule has 0 radical (unpaired) electrons. The number of pyridine rings is 1. The van der Waals surface area contributed by atoms with Crippen LogP contribution in [0.4, 0.5) is 0 Å². The molecule has 4 rings (SSSR count). The second-order valence-electron chi connectivity index (χ2n) is 7.49. The van der Waals surface area contributed by atoms with E-state index >= 15 is 0 Å². The molecule has 30 heavy (non-hydrogen) atoms. The van der Waals surface area contributed by atoms with E-state index in [0.29, 0.717) is 17.1 Å². The van der Waals surface area contributed by atoms with Gasteiger partial charge in [-0.1, -0.05) is 12.8 Å². The third-order valence-corrected chi connectivity index (χ3v) is 5.88. The first kappa shape index (κ1) is 19.9. The molecule has 156 valence electrons. The SMILES string of the molecule is COc1ccc(OC)c(/C(O)=C2\C(=O)C(=O)N(C3CCCC3)C2c2ccncc2)c1. The Bertz CT molecular complexity index is 996. The Hall–Kier alpha value is -3.35. The standard InChI is InChI=1S/C23H24N2O5/c1-29-16-7-8-18(30-2)17(13-16)21(26)19-20(14-9-11-24-12-10-14)25(23(28)22(19)27)15-5-3-4-6-15/h7-13,15,20,26H,3-6H2,1-2H3/b21-19+. The van der Waals surface area contributed by atoms with Gasteiger partial charge in [-0.15, -0.1) is 0 Å². The molecule has 1 saturated heterocycles. The minimum Gasteiger partial charge on any atom is -0.507 e. The van der Waals surface area contributed by atoms with Crippen molar-refractivity contribution in [3.63, 3.8) is 0 Å². The number of likely N-dealkylation sites (tertiary alicyclic amines) is 1. The predicted octanol–water partition coefficient (Wildman–Crippen LogP) is 3.46. The van der Waals surface area contributed by atoms with Crippen molar-refractivity contribution >= 4 is 17.4 Å². The third kappa shape index (κ3) is 3.30. The minimum atomic E-state index is -0.689. The first-order valence-electron chi connectivity index (χ1n) is 9.99. The van der Waals surface area contributed by atoms with Gasteiger partial charge in [0.1, 0.15) is 17.3 Å². The number of aliphatic hydroxyl groups excluding tert-OH is 1. The van der Waals surface area contributed by atoms with Crippen molar-refractivity contribution in [2.24, 2.45) is 0 Å². The van der Waals surface area contributed by atoms with E-state index in [1.165, 1.54) is 14.2 Å². The van der Waals surface area contributed by atoms with E-state index in [4.69, 9.17) is 9.47 Å². The third-order valence-electron chi connectivity index (χ3n) is 5.88. The summed E-state index contributed by atoms with van der Waals surface area (Å²) in [6.45, 7) is 0. The highest BCUT2D eigenvalue weighted by Gasteiger charge is 2.49. The van der Waals surface area contributed by atoms with E-state index in [-0.39, 0.29) is 17.4 Å². The van der Waals surface area contributed by atoms with Gasteiger partial charge in [0.15, 0.2) is 0 Å². The van der Waals surface area contributed by atoms with Crippen LogP contribution < -0.4 is 9.47 Å². The summed E-state index contributed by atoms with van der Waals surface area (Å²) in [6.07, 6.45) is 6.96. The lowest BCUT2D eigenvalue weighted by Crippen LogP contribution is -2.37. The van der Waals surface area contributed by atoms with E-state index in [1.807, 2.05) is 0 Å². The fraction of sp³-hybridized carbons (Fsp3) is 0.348. The van der Waals surface area contributed by atoms with Crippen LogP contribution in [0.2, 0.25) is 0 Å². The quantitative estimate of drug-likeness (QED) is 0.463. The minimum absolute atomic E-state index is 0.0304. The van der Waals surface area contributed by atoms with Crippen LogP contribution in [0.1, 0.15) is 42.9 Å². The molecule has 7 nitrogen and oxygen atoms in total. The molecule has 1 unspecified atom stereocenters. The van der Waals surface area contributed by atoms with Crippen LogP contribution in [0.15, 0.2) is 48.3 Å². The van der Waals surface area contributed by atoms with Gasteiger partial charge in [0, 0.05) is 18.4 Å². The fourth-order valence-corrected chi connectivity index (χ4v) is 4.43. The zero-order valence-corrected chi connectivity index (χ0v) is 17.0. The molecular weight excluding hydrogens is 384 g/mol. The normalized spacial score (nSPS) is 21.3. The van der Waals surface area contributed by atoms with Crippen LogP contribution in [0.5, 0.6) is 11.5 Å². The maximum atomic E-state index is 13.1. The number of ketones is 1. The number of rotatable bonds is 5. The number of aliphatic hydroxyl groups is 1. The number of aromatic nitrogens is 1. The molecule has 2 heterocycles. The molecule has 7 heteroatoms. The van der Waals surface area contributed by atoms with E-state index in [9.17, 15) is 14.7 Å². The molecule has 0 spiro atoms. The zero-order chi connectivity index (χ0) is 21.3. The maximum Gasteiger partial charge on any atom is 0.295 e. The predicted molar refractivity (Wildman–Crippen MR) is 110 cm³/mol. The van der Waals surface area contributed by atoms with Crippen LogP contribution in [0.3, 0.4) is 0 Å². The number of nitrogens with zero attached hydrogens (tertiary/aromatic N) is 2. The first-order chi connectivity index (χ1) is 14.6. The summed E-state index contributed by atoms with van der Waals surface area (Å²) in [5, 5.41) is 11.3. The average Bonchev–Trinajstić information content (AvgIpc) is 3.40. The lowest BCUT2D eigenvalue weighted by Gasteiger charge is -2.30. The largest absolute Gasteiger partial charge is 0.507 e. The Morgan fingerprint density at radius 2 is 1.77 bits per heavy atom. The molecule has 1 aliphatic carbocycles. The van der Waals surface area contributed by atoms with Crippen LogP contribution in [-0.2, 0) is 9.59 Å². The summed E-state index contributed by atoms with van der Waals surface area (Å²) in [5.74, 6) is -0.652. The first-order valence-corrected chi connectivity index (χ1v) is 9.99. The number of Topliss-reactive ketones (excluding diaryl/α,β-unsaturated/α-hetero) is 1. The summed E-state index contributed by atoms with van der Waals surface area (Å²) in [5.41, 5.74) is 1.10. The molecule has 0 bridgehead atoms. The van der Waals surface area contributed by atoms with Gasteiger partial charge in [0.2, 0.25) is 0 Å². The number of benzene rings is 1. The molecule has 1 atom stereocenters. The number of carbonyl (C=O) groups is 2. The molecule has 2 aliphatic rings. The summed E-state index contributed by atoms with van der Waals surface area (Å²) in [7, 11) is 3.00. The summed E-state index contributed by atoms with van der Waals surface area (Å²) >= 11 is 0. The Kier molecular flexibility index (Phi) is 5.44. The van der Waals surface area contributed by atoms with Gasteiger partial charge in [0.25, 0.3) is 11.7 Å². The van der Waals surface area contributed by atoms with Gasteiger partial charge in [-0.25, -0.2) is 0 Å². The summed E-state index contributed by atoms with van der Waals surface area (Å²) < 4.78 is 10.7. The number of hydrogen-bond acceptors (Lipinski definition) is 6. The Morgan fingerprint density at radius 3 is 2.40 bits per heavy atom. The lowest BCUT2D eigenvalue weighted by atomic mass is 9.95. The number of amides is 1. The van der Waals surface area contributed by atoms with Crippen molar-refractivity contribution in [1.82, 2.24) is 9.88 Å². The van der Waals surface area contributed by atoms with Gasteiger partial charge in [-0.2, -0.15) is 0 Å². The van der Waals surface area contributed by atoms with Crippen LogP contribution in [0.25, 0.3) is 5.76 Å². The van der Waals surface area contributed by atoms with Gasteiger partial charge in [0.05, 0.1) is 31.4 Å². The number of ether oxygens (including phenoxy) is 2. The van der Waals surface area contributed by atoms with Crippen molar-refractivity contribution in [3.05, 3.63) is 59.4 Å². The fourth-order valence-electron chi connectivity index (χ4n) is 4.43. The lowest BCUT2D eigenvalue weighted by molar-refractivity contribution is -0.141. The molecule has 1 aromatic heterocycles. The monoisotopic (exact) mass is 408 g/mol. The summed E-state index contributed by atoms with van der Waals surface area (Å²) in [4.78, 5) is 31.9. The molecule has 2 fully saturated rings. The van der Waals surface area contributed by atoms with Gasteiger partial charge in [-0.3, -0.25) is 14.6 Å². The Labute approximate surface area is 174 Å². The van der Waals surface area contributed by atoms with E-state index < -0.39 is 17.7 Å². The smallest absolute Gasteiger partial charge is 0.295 e. The number of carbonyl (C=O) groups excluding carboxylic acids is 2. The highest BCUT2D eigenvalue weighted by molar-refractivity contribution is 6.46. The van der Waals surface area contributed by atoms with Gasteiger partial charge in [-0.05, 0) is 48.7 Å². The van der Waals surface area contributed by atoms with Crippen molar-refractivity contribution in [1.29, 1.82) is 0 Å². The Balaban J connectivity index is 1.92. The topological polar surface area (TPSA) is 89.0 Å². The molecule has 1 amide bonds. The van der Waals surface area contributed by atoms with E-state index in [2.05, 4.69) is 4.98 Å². The van der Waals surface area contributed by atoms with Crippen LogP contribution >= 0.6 is 0 Å². The molecule has 2 aromatic rings.